The van der Waals surface area contributed by atoms with Crippen molar-refractivity contribution in [3.05, 3.63) is 46.3 Å². The maximum Gasteiger partial charge on any atom is 0.232 e. The second kappa shape index (κ2) is 8.17. The van der Waals surface area contributed by atoms with Gasteiger partial charge in [0, 0.05) is 17.7 Å². The number of aliphatic hydroxyl groups is 1. The molecule has 0 aliphatic heterocycles. The highest BCUT2D eigenvalue weighted by Gasteiger charge is 2.16. The minimum Gasteiger partial charge on any atom is -0.396 e. The van der Waals surface area contributed by atoms with E-state index in [2.05, 4.69) is 10.3 Å². The molecule has 0 radical (unpaired) electrons. The fourth-order valence-corrected chi connectivity index (χ4v) is 3.24. The number of carbonyl (C=O) groups is 1. The molecule has 1 atom stereocenters. The van der Waals surface area contributed by atoms with Gasteiger partial charge in [0.15, 0.2) is 0 Å². The average Bonchev–Trinajstić information content (AvgIpc) is 3.01. The van der Waals surface area contributed by atoms with Gasteiger partial charge >= 0.3 is 0 Å². The van der Waals surface area contributed by atoms with Crippen LogP contribution in [0.15, 0.2) is 35.2 Å². The van der Waals surface area contributed by atoms with E-state index in [1.165, 1.54) is 0 Å². The molecular formula is C15H18N2O2S2. The van der Waals surface area contributed by atoms with E-state index >= 15 is 0 Å². The number of aromatic nitrogens is 1. The van der Waals surface area contributed by atoms with E-state index in [1.54, 1.807) is 29.3 Å². The third kappa shape index (κ3) is 4.84. The van der Waals surface area contributed by atoms with Crippen LogP contribution in [0.25, 0.3) is 0 Å². The number of anilines is 1. The number of pyridine rings is 1. The Bertz CT molecular complexity index is 573. The van der Waals surface area contributed by atoms with Crippen molar-refractivity contribution in [2.75, 3.05) is 17.7 Å². The van der Waals surface area contributed by atoms with E-state index in [4.69, 9.17) is 5.11 Å². The molecule has 2 aromatic heterocycles. The summed E-state index contributed by atoms with van der Waals surface area (Å²) in [6, 6.07) is 5.76. The maximum atomic E-state index is 12.2. The van der Waals surface area contributed by atoms with Crippen LogP contribution < -0.4 is 5.32 Å². The first kappa shape index (κ1) is 16.0. The number of hydrogen-bond acceptors (Lipinski definition) is 5. The minimum atomic E-state index is -0.189. The number of thiophene rings is 1. The lowest BCUT2D eigenvalue weighted by molar-refractivity contribution is -0.117. The van der Waals surface area contributed by atoms with Gasteiger partial charge in [-0.15, -0.1) is 0 Å². The highest BCUT2D eigenvalue weighted by Crippen LogP contribution is 2.20. The molecule has 1 amide bonds. The summed E-state index contributed by atoms with van der Waals surface area (Å²) >= 11 is 3.24. The molecule has 2 aromatic rings. The van der Waals surface area contributed by atoms with Crippen molar-refractivity contribution in [2.45, 2.75) is 18.6 Å². The van der Waals surface area contributed by atoms with Crippen LogP contribution in [-0.2, 0) is 10.5 Å². The third-order valence-electron chi connectivity index (χ3n) is 3.02. The highest BCUT2D eigenvalue weighted by atomic mass is 32.2. The quantitative estimate of drug-likeness (QED) is 0.769. The van der Waals surface area contributed by atoms with E-state index in [0.29, 0.717) is 11.6 Å². The predicted octanol–water partition coefficient (Wildman–Crippen LogP) is 3.11. The molecule has 0 aliphatic rings. The smallest absolute Gasteiger partial charge is 0.232 e. The van der Waals surface area contributed by atoms with Crippen molar-refractivity contribution in [1.29, 1.82) is 0 Å². The molecule has 0 spiro atoms. The van der Waals surface area contributed by atoms with Crippen LogP contribution in [0.4, 0.5) is 5.82 Å². The lowest BCUT2D eigenvalue weighted by atomic mass is 10.0. The Morgan fingerprint density at radius 2 is 2.38 bits per heavy atom. The SMILES string of the molecule is CC(C(=O)Nc1cc(CSCCO)ccn1)c1ccsc1. The number of nitrogens with zero attached hydrogens (tertiary/aromatic N) is 1. The fraction of sp³-hybridized carbons (Fsp3) is 0.333. The van der Waals surface area contributed by atoms with E-state index in [-0.39, 0.29) is 18.4 Å². The summed E-state index contributed by atoms with van der Waals surface area (Å²) in [7, 11) is 0. The summed E-state index contributed by atoms with van der Waals surface area (Å²) in [6.07, 6.45) is 1.69. The Hall–Kier alpha value is -1.37. The summed E-state index contributed by atoms with van der Waals surface area (Å²) in [6.45, 7) is 2.07. The van der Waals surface area contributed by atoms with Crippen molar-refractivity contribution < 1.29 is 9.90 Å². The number of hydrogen-bond donors (Lipinski definition) is 2. The molecule has 0 aromatic carbocycles. The monoisotopic (exact) mass is 322 g/mol. The second-order valence-electron chi connectivity index (χ2n) is 4.59. The zero-order valence-corrected chi connectivity index (χ0v) is 13.4. The number of aliphatic hydroxyl groups excluding tert-OH is 1. The molecule has 2 rings (SSSR count). The van der Waals surface area contributed by atoms with E-state index in [1.807, 2.05) is 35.9 Å². The van der Waals surface area contributed by atoms with Gasteiger partial charge in [-0.3, -0.25) is 4.79 Å². The maximum absolute atomic E-state index is 12.2. The van der Waals surface area contributed by atoms with Gasteiger partial charge in [0.1, 0.15) is 5.82 Å². The first-order chi connectivity index (χ1) is 10.2. The minimum absolute atomic E-state index is 0.0546. The number of nitrogens with one attached hydrogen (secondary N) is 1. The van der Waals surface area contributed by atoms with Gasteiger partial charge < -0.3 is 10.4 Å². The van der Waals surface area contributed by atoms with E-state index < -0.39 is 0 Å². The molecule has 112 valence electrons. The molecule has 0 saturated carbocycles. The normalized spacial score (nSPS) is 12.1. The summed E-state index contributed by atoms with van der Waals surface area (Å²) < 4.78 is 0. The lowest BCUT2D eigenvalue weighted by Crippen LogP contribution is -2.19. The van der Waals surface area contributed by atoms with Crippen LogP contribution in [0.2, 0.25) is 0 Å². The number of rotatable bonds is 7. The Morgan fingerprint density at radius 3 is 3.10 bits per heavy atom. The molecule has 1 unspecified atom stereocenters. The molecule has 0 aliphatic carbocycles. The molecule has 21 heavy (non-hydrogen) atoms. The molecular weight excluding hydrogens is 304 g/mol. The summed E-state index contributed by atoms with van der Waals surface area (Å²) in [4.78, 5) is 16.4. The fourth-order valence-electron chi connectivity index (χ4n) is 1.79. The highest BCUT2D eigenvalue weighted by molar-refractivity contribution is 7.98. The second-order valence-corrected chi connectivity index (χ2v) is 6.48. The Kier molecular flexibility index (Phi) is 6.22. The average molecular weight is 322 g/mol. The zero-order valence-electron chi connectivity index (χ0n) is 11.8. The number of thioether (sulfide) groups is 1. The van der Waals surface area contributed by atoms with Crippen LogP contribution in [0.1, 0.15) is 24.0 Å². The van der Waals surface area contributed by atoms with Crippen LogP contribution in [0.3, 0.4) is 0 Å². The summed E-state index contributed by atoms with van der Waals surface area (Å²) in [5.41, 5.74) is 2.11. The predicted molar refractivity (Wildman–Crippen MR) is 88.8 cm³/mol. The number of carbonyl (C=O) groups excluding carboxylic acids is 1. The van der Waals surface area contributed by atoms with Crippen molar-refractivity contribution in [2.24, 2.45) is 0 Å². The Labute approximate surface area is 132 Å². The third-order valence-corrected chi connectivity index (χ3v) is 4.73. The van der Waals surface area contributed by atoms with Gasteiger partial charge in [0.05, 0.1) is 12.5 Å². The van der Waals surface area contributed by atoms with Gasteiger partial charge in [-0.1, -0.05) is 0 Å². The topological polar surface area (TPSA) is 62.2 Å². The van der Waals surface area contributed by atoms with Gasteiger partial charge in [-0.25, -0.2) is 4.98 Å². The van der Waals surface area contributed by atoms with E-state index in [9.17, 15) is 4.79 Å². The molecule has 0 fully saturated rings. The first-order valence-electron chi connectivity index (χ1n) is 6.67. The zero-order chi connectivity index (χ0) is 15.1. The van der Waals surface area contributed by atoms with Crippen molar-refractivity contribution in [3.8, 4) is 0 Å². The van der Waals surface area contributed by atoms with Gasteiger partial charge in [0.25, 0.3) is 0 Å². The Balaban J connectivity index is 1.96. The Morgan fingerprint density at radius 1 is 1.52 bits per heavy atom. The van der Waals surface area contributed by atoms with Crippen LogP contribution in [-0.4, -0.2) is 28.4 Å². The summed E-state index contributed by atoms with van der Waals surface area (Å²) in [5.74, 6) is 1.83. The molecule has 4 nitrogen and oxygen atoms in total. The summed E-state index contributed by atoms with van der Waals surface area (Å²) in [5, 5.41) is 15.6. The van der Waals surface area contributed by atoms with Crippen LogP contribution >= 0.6 is 23.1 Å². The molecule has 0 bridgehead atoms. The molecule has 2 heterocycles. The largest absolute Gasteiger partial charge is 0.396 e. The van der Waals surface area contributed by atoms with Crippen molar-refractivity contribution >= 4 is 34.8 Å². The lowest BCUT2D eigenvalue weighted by Gasteiger charge is -2.11. The molecule has 2 N–H and O–H groups in total. The standard InChI is InChI=1S/C15H18N2O2S2/c1-11(13-3-6-20-10-13)15(19)17-14-8-12(2-4-16-14)9-21-7-5-18/h2-4,6,8,10-11,18H,5,7,9H2,1H3,(H,16,17,19). The van der Waals surface area contributed by atoms with Gasteiger partial charge in [-0.05, 0) is 47.0 Å². The van der Waals surface area contributed by atoms with Gasteiger partial charge in [0.2, 0.25) is 5.91 Å². The van der Waals surface area contributed by atoms with Crippen LogP contribution in [0.5, 0.6) is 0 Å². The van der Waals surface area contributed by atoms with Crippen LogP contribution in [0, 0.1) is 0 Å². The first-order valence-corrected chi connectivity index (χ1v) is 8.77. The van der Waals surface area contributed by atoms with Crippen molar-refractivity contribution in [3.63, 3.8) is 0 Å². The molecule has 6 heteroatoms. The van der Waals surface area contributed by atoms with E-state index in [0.717, 1.165) is 16.9 Å². The van der Waals surface area contributed by atoms with Crippen molar-refractivity contribution in [1.82, 2.24) is 4.98 Å². The van der Waals surface area contributed by atoms with Gasteiger partial charge in [-0.2, -0.15) is 23.1 Å². The number of amides is 1. The molecule has 0 saturated heterocycles.